The lowest BCUT2D eigenvalue weighted by atomic mass is 10.1. The summed E-state index contributed by atoms with van der Waals surface area (Å²) in [6, 6.07) is 19.7. The van der Waals surface area contributed by atoms with Crippen LogP contribution in [0.4, 0.5) is 5.82 Å². The Morgan fingerprint density at radius 2 is 1.84 bits per heavy atom. The van der Waals surface area contributed by atoms with Crippen LogP contribution in [0.15, 0.2) is 65.8 Å². The Balaban J connectivity index is 1.64. The number of nitrogens with zero attached hydrogens (tertiary/aromatic N) is 3. The fourth-order valence-corrected chi connectivity index (χ4v) is 4.04. The maximum absolute atomic E-state index is 12.3. The topological polar surface area (TPSA) is 58.1 Å². The summed E-state index contributed by atoms with van der Waals surface area (Å²) in [5.41, 5.74) is 2.91. The van der Waals surface area contributed by atoms with Crippen LogP contribution >= 0.6 is 23.4 Å². The molecule has 0 fully saturated rings. The predicted molar refractivity (Wildman–Crippen MR) is 129 cm³/mol. The first-order valence-corrected chi connectivity index (χ1v) is 11.7. The van der Waals surface area contributed by atoms with Gasteiger partial charge in [0.2, 0.25) is 0 Å². The Morgan fingerprint density at radius 3 is 2.61 bits per heavy atom. The summed E-state index contributed by atoms with van der Waals surface area (Å²) in [6.07, 6.45) is 2.04. The van der Waals surface area contributed by atoms with Gasteiger partial charge < -0.3 is 10.2 Å². The molecule has 0 bridgehead atoms. The molecule has 7 heteroatoms. The molecular formula is C24H27ClN4OS. The first-order valence-electron chi connectivity index (χ1n) is 10.3. The van der Waals surface area contributed by atoms with Gasteiger partial charge in [0.1, 0.15) is 11.0 Å². The van der Waals surface area contributed by atoms with Gasteiger partial charge >= 0.3 is 0 Å². The Morgan fingerprint density at radius 1 is 1.06 bits per heavy atom. The van der Waals surface area contributed by atoms with Crippen LogP contribution in [0.25, 0.3) is 0 Å². The van der Waals surface area contributed by atoms with E-state index in [2.05, 4.69) is 34.3 Å². The third-order valence-electron chi connectivity index (χ3n) is 4.69. The van der Waals surface area contributed by atoms with Crippen LogP contribution < -0.4 is 10.2 Å². The highest BCUT2D eigenvalue weighted by atomic mass is 35.5. The molecule has 0 spiro atoms. The summed E-state index contributed by atoms with van der Waals surface area (Å²) in [4.78, 5) is 23.4. The number of carbonyl (C=O) groups excluding carboxylic acids is 1. The van der Waals surface area contributed by atoms with Crippen molar-refractivity contribution < 1.29 is 4.79 Å². The summed E-state index contributed by atoms with van der Waals surface area (Å²) in [6.45, 7) is 3.53. The predicted octanol–water partition coefficient (Wildman–Crippen LogP) is 5.59. The van der Waals surface area contributed by atoms with Gasteiger partial charge in [0, 0.05) is 37.5 Å². The largest absolute Gasteiger partial charge is 0.355 e. The number of benzene rings is 2. The van der Waals surface area contributed by atoms with Gasteiger partial charge in [0.15, 0.2) is 5.16 Å². The second-order valence-corrected chi connectivity index (χ2v) is 8.60. The first kappa shape index (κ1) is 23.1. The normalized spacial score (nSPS) is 10.7. The Kier molecular flexibility index (Phi) is 8.74. The van der Waals surface area contributed by atoms with Gasteiger partial charge in [-0.1, -0.05) is 79.2 Å². The average molecular weight is 455 g/mol. The number of thioether (sulfide) groups is 1. The number of hydrogen-bond acceptors (Lipinski definition) is 5. The van der Waals surface area contributed by atoms with E-state index in [1.165, 1.54) is 17.3 Å². The highest BCUT2D eigenvalue weighted by Gasteiger charge is 2.10. The highest BCUT2D eigenvalue weighted by Crippen LogP contribution is 2.25. The molecule has 0 aliphatic rings. The maximum atomic E-state index is 12.3. The number of aromatic nitrogens is 2. The number of rotatable bonds is 10. The van der Waals surface area contributed by atoms with Crippen molar-refractivity contribution in [3.63, 3.8) is 0 Å². The van der Waals surface area contributed by atoms with E-state index in [9.17, 15) is 4.79 Å². The van der Waals surface area contributed by atoms with Crippen molar-refractivity contribution in [2.75, 3.05) is 18.5 Å². The molecule has 162 valence electrons. The van der Waals surface area contributed by atoms with E-state index in [1.54, 1.807) is 6.07 Å². The molecule has 1 aromatic heterocycles. The summed E-state index contributed by atoms with van der Waals surface area (Å²) in [7, 11) is 1.99. The van der Waals surface area contributed by atoms with Crippen LogP contribution in [0.2, 0.25) is 5.15 Å². The van der Waals surface area contributed by atoms with E-state index >= 15 is 0 Å². The first-order chi connectivity index (χ1) is 15.0. The SMILES string of the molecule is CCCCNC(=O)c1cccc(CSc2nc(Cl)cc(N(C)Cc3ccccc3)n2)c1. The summed E-state index contributed by atoms with van der Waals surface area (Å²) < 4.78 is 0. The third-order valence-corrected chi connectivity index (χ3v) is 5.80. The monoisotopic (exact) mass is 454 g/mol. The molecule has 3 rings (SSSR count). The Labute approximate surface area is 193 Å². The minimum atomic E-state index is -0.0378. The number of carbonyl (C=O) groups is 1. The van der Waals surface area contributed by atoms with Gasteiger partial charge in [-0.15, -0.1) is 0 Å². The number of anilines is 1. The molecule has 1 amide bonds. The van der Waals surface area contributed by atoms with Crippen LogP contribution in [0, 0.1) is 0 Å². The van der Waals surface area contributed by atoms with Gasteiger partial charge in [0.05, 0.1) is 0 Å². The number of amides is 1. The van der Waals surface area contributed by atoms with Crippen molar-refractivity contribution in [2.45, 2.75) is 37.2 Å². The van der Waals surface area contributed by atoms with Crippen molar-refractivity contribution in [3.8, 4) is 0 Å². The highest BCUT2D eigenvalue weighted by molar-refractivity contribution is 7.98. The summed E-state index contributed by atoms with van der Waals surface area (Å²) >= 11 is 7.76. The van der Waals surface area contributed by atoms with Crippen LogP contribution in [0.3, 0.4) is 0 Å². The molecule has 0 atom stereocenters. The smallest absolute Gasteiger partial charge is 0.251 e. The molecule has 0 saturated carbocycles. The van der Waals surface area contributed by atoms with E-state index in [1.807, 2.05) is 54.4 Å². The molecule has 1 heterocycles. The number of hydrogen-bond donors (Lipinski definition) is 1. The molecule has 0 aliphatic carbocycles. The molecule has 5 nitrogen and oxygen atoms in total. The Hall–Kier alpha value is -2.57. The van der Waals surface area contributed by atoms with Crippen LogP contribution in [0.1, 0.15) is 41.3 Å². The minimum absolute atomic E-state index is 0.0378. The lowest BCUT2D eigenvalue weighted by molar-refractivity contribution is 0.0953. The van der Waals surface area contributed by atoms with Gasteiger partial charge in [-0.3, -0.25) is 4.79 Å². The van der Waals surface area contributed by atoms with Crippen LogP contribution in [-0.4, -0.2) is 29.5 Å². The quantitative estimate of drug-likeness (QED) is 0.187. The summed E-state index contributed by atoms with van der Waals surface area (Å²) in [5.74, 6) is 1.39. The van der Waals surface area contributed by atoms with Gasteiger partial charge in [-0.2, -0.15) is 0 Å². The third kappa shape index (κ3) is 7.26. The molecule has 0 saturated heterocycles. The molecule has 3 aromatic rings. The second-order valence-electron chi connectivity index (χ2n) is 7.27. The molecule has 31 heavy (non-hydrogen) atoms. The fraction of sp³-hybridized carbons (Fsp3) is 0.292. The van der Waals surface area contributed by atoms with Crippen molar-refractivity contribution in [1.29, 1.82) is 0 Å². The van der Waals surface area contributed by atoms with E-state index in [0.29, 0.717) is 28.2 Å². The lowest BCUT2D eigenvalue weighted by Crippen LogP contribution is -2.24. The van der Waals surface area contributed by atoms with E-state index in [4.69, 9.17) is 11.6 Å². The Bertz CT molecular complexity index is 1000. The summed E-state index contributed by atoms with van der Waals surface area (Å²) in [5, 5.41) is 3.98. The van der Waals surface area contributed by atoms with Crippen molar-refractivity contribution in [1.82, 2.24) is 15.3 Å². The van der Waals surface area contributed by atoms with Crippen LogP contribution in [-0.2, 0) is 12.3 Å². The molecular weight excluding hydrogens is 428 g/mol. The van der Waals surface area contributed by atoms with Crippen molar-refractivity contribution in [3.05, 3.63) is 82.5 Å². The maximum Gasteiger partial charge on any atom is 0.251 e. The van der Waals surface area contributed by atoms with Gasteiger partial charge in [0.25, 0.3) is 5.91 Å². The number of halogens is 1. The molecule has 2 aromatic carbocycles. The van der Waals surface area contributed by atoms with E-state index < -0.39 is 0 Å². The number of unbranched alkanes of at least 4 members (excludes halogenated alkanes) is 1. The molecule has 0 radical (unpaired) electrons. The second kappa shape index (κ2) is 11.7. The standard InChI is InChI=1S/C24H27ClN4OS/c1-3-4-13-26-23(30)20-12-8-11-19(14-20)17-31-24-27-21(25)15-22(28-24)29(2)16-18-9-6-5-7-10-18/h5-12,14-15H,3-4,13,16-17H2,1-2H3,(H,26,30). The number of nitrogens with one attached hydrogen (secondary N) is 1. The minimum Gasteiger partial charge on any atom is -0.355 e. The van der Waals surface area contributed by atoms with E-state index in [-0.39, 0.29) is 5.91 Å². The zero-order valence-corrected chi connectivity index (χ0v) is 19.4. The zero-order valence-electron chi connectivity index (χ0n) is 17.8. The average Bonchev–Trinajstić information content (AvgIpc) is 2.78. The van der Waals surface area contributed by atoms with Crippen molar-refractivity contribution >= 4 is 35.1 Å². The lowest BCUT2D eigenvalue weighted by Gasteiger charge is -2.19. The van der Waals surface area contributed by atoms with Gasteiger partial charge in [-0.05, 0) is 29.7 Å². The van der Waals surface area contributed by atoms with Gasteiger partial charge in [-0.25, -0.2) is 9.97 Å². The molecule has 0 unspecified atom stereocenters. The zero-order chi connectivity index (χ0) is 22.1. The molecule has 1 N–H and O–H groups in total. The fourth-order valence-electron chi connectivity index (χ4n) is 3.01. The van der Waals surface area contributed by atoms with E-state index in [0.717, 1.165) is 30.8 Å². The van der Waals surface area contributed by atoms with Crippen molar-refractivity contribution in [2.24, 2.45) is 0 Å². The molecule has 0 aliphatic heterocycles. The van der Waals surface area contributed by atoms with Crippen LogP contribution in [0.5, 0.6) is 0 Å².